The van der Waals surface area contributed by atoms with Crippen molar-refractivity contribution in [2.45, 2.75) is 181 Å². The molecule has 0 fully saturated rings. The third kappa shape index (κ3) is 48.4. The molecule has 0 aromatic carbocycles. The van der Waals surface area contributed by atoms with Crippen LogP contribution in [0.25, 0.3) is 0 Å². The van der Waals surface area contributed by atoms with Crippen LogP contribution in [0.1, 0.15) is 175 Å². The van der Waals surface area contributed by atoms with E-state index in [1.807, 2.05) is 0 Å². The topological polar surface area (TPSA) is 61.8 Å². The average Bonchev–Trinajstić information content (AvgIpc) is 3.27. The van der Waals surface area contributed by atoms with Crippen molar-refractivity contribution in [2.24, 2.45) is 0 Å². The predicted molar refractivity (Wildman–Crippen MR) is 269 cm³/mol. The Morgan fingerprint density at radius 1 is 0.355 bits per heavy atom. The number of ether oxygens (including phenoxy) is 3. The highest BCUT2D eigenvalue weighted by Crippen LogP contribution is 2.10. The van der Waals surface area contributed by atoms with Gasteiger partial charge >= 0.3 is 11.9 Å². The second kappa shape index (κ2) is 51.1. The van der Waals surface area contributed by atoms with Crippen LogP contribution in [0, 0.1) is 0 Å². The summed E-state index contributed by atoms with van der Waals surface area (Å²) in [5.74, 6) is -0.514. The van der Waals surface area contributed by atoms with Gasteiger partial charge in [0.05, 0.1) is 6.61 Å². The molecule has 62 heavy (non-hydrogen) atoms. The molecule has 0 bridgehead atoms. The largest absolute Gasteiger partial charge is 0.462 e. The normalized spacial score (nSPS) is 13.5. The zero-order valence-electron chi connectivity index (χ0n) is 39.6. The Morgan fingerprint density at radius 3 is 1.05 bits per heavy atom. The molecule has 346 valence electrons. The lowest BCUT2D eigenvalue weighted by Gasteiger charge is -2.18. The summed E-state index contributed by atoms with van der Waals surface area (Å²) in [7, 11) is 0. The number of unbranched alkanes of at least 4 members (excludes halogenated alkanes) is 7. The van der Waals surface area contributed by atoms with Gasteiger partial charge in [0.25, 0.3) is 0 Å². The predicted octanol–water partition coefficient (Wildman–Crippen LogP) is 16.6. The first-order chi connectivity index (χ1) is 30.6. The summed E-state index contributed by atoms with van der Waals surface area (Å²) in [5, 5.41) is 0. The monoisotopic (exact) mass is 853 g/mol. The van der Waals surface area contributed by atoms with Crippen molar-refractivity contribution in [3.63, 3.8) is 0 Å². The van der Waals surface area contributed by atoms with Crippen molar-refractivity contribution < 1.29 is 23.8 Å². The van der Waals surface area contributed by atoms with Gasteiger partial charge in [-0.25, -0.2) is 0 Å². The minimum atomic E-state index is -0.604. The first-order valence-corrected chi connectivity index (χ1v) is 24.4. The summed E-state index contributed by atoms with van der Waals surface area (Å²) in [4.78, 5) is 25.3. The number of carbonyl (C=O) groups is 2. The van der Waals surface area contributed by atoms with Gasteiger partial charge in [0.15, 0.2) is 6.10 Å². The molecule has 0 amide bonds. The van der Waals surface area contributed by atoms with Gasteiger partial charge in [-0.3, -0.25) is 9.59 Å². The van der Waals surface area contributed by atoms with Gasteiger partial charge in [-0.05, 0) is 128 Å². The molecule has 0 heterocycles. The van der Waals surface area contributed by atoms with Gasteiger partial charge in [-0.15, -0.1) is 0 Å². The molecular weight excluding hydrogens is 765 g/mol. The van der Waals surface area contributed by atoms with Crippen LogP contribution < -0.4 is 0 Å². The van der Waals surface area contributed by atoms with E-state index < -0.39 is 6.10 Å². The Bertz CT molecular complexity index is 1380. The molecule has 0 aliphatic carbocycles. The fourth-order valence-corrected chi connectivity index (χ4v) is 5.85. The zero-order valence-corrected chi connectivity index (χ0v) is 39.6. The lowest BCUT2D eigenvalue weighted by atomic mass is 10.1. The molecule has 0 aliphatic rings. The number of hydrogen-bond donors (Lipinski definition) is 0. The molecule has 1 atom stereocenters. The summed E-state index contributed by atoms with van der Waals surface area (Å²) in [6, 6.07) is 0. The summed E-state index contributed by atoms with van der Waals surface area (Å²) in [6.45, 7) is 7.24. The van der Waals surface area contributed by atoms with Crippen LogP contribution in [0.4, 0.5) is 0 Å². The fourth-order valence-electron chi connectivity index (χ4n) is 5.85. The third-order valence-electron chi connectivity index (χ3n) is 9.35. The van der Waals surface area contributed by atoms with E-state index in [1.165, 1.54) is 0 Å². The van der Waals surface area contributed by atoms with Crippen LogP contribution in [-0.2, 0) is 23.8 Å². The molecule has 0 N–H and O–H groups in total. The zero-order chi connectivity index (χ0) is 44.9. The standard InChI is InChI=1S/C57H88O5/c1-4-7-10-13-16-19-22-25-27-28-29-30-31-33-35-38-41-44-47-50-56(58)61-54-55(53-60-52-49-46-43-40-37-34-26-23-20-17-14-11-8-5-2)62-57(59)51-48-45-42-39-36-32-24-21-18-15-12-9-6-3/h7-12,16-21,25-27,29-30,32-36,40,43,55H,4-6,13-15,22-24,28,31,37-39,41-42,44-54H2,1-3H3/b10-7-,11-8-,12-9-,19-16-,20-17-,21-18-,27-25-,30-29-,34-26-,35-33-,36-32-,43-40-. The quantitative estimate of drug-likeness (QED) is 0.0348. The van der Waals surface area contributed by atoms with Gasteiger partial charge < -0.3 is 14.2 Å². The van der Waals surface area contributed by atoms with Crippen LogP contribution in [0.15, 0.2) is 146 Å². The highest BCUT2D eigenvalue weighted by molar-refractivity contribution is 5.70. The van der Waals surface area contributed by atoms with E-state index in [0.717, 1.165) is 141 Å². The lowest BCUT2D eigenvalue weighted by Crippen LogP contribution is -2.30. The minimum absolute atomic E-state index is 0.0234. The Kier molecular flexibility index (Phi) is 47.7. The second-order valence-corrected chi connectivity index (χ2v) is 15.2. The molecule has 0 aromatic rings. The summed E-state index contributed by atoms with van der Waals surface area (Å²) in [5.41, 5.74) is 0. The van der Waals surface area contributed by atoms with Gasteiger partial charge in [0.2, 0.25) is 0 Å². The van der Waals surface area contributed by atoms with Crippen LogP contribution in [0.5, 0.6) is 0 Å². The summed E-state index contributed by atoms with van der Waals surface area (Å²) < 4.78 is 17.2. The van der Waals surface area contributed by atoms with Crippen LogP contribution in [-0.4, -0.2) is 37.9 Å². The summed E-state index contributed by atoms with van der Waals surface area (Å²) in [6.07, 6.45) is 74.4. The van der Waals surface area contributed by atoms with Crippen LogP contribution in [0.2, 0.25) is 0 Å². The number of allylic oxidation sites excluding steroid dienone is 24. The highest BCUT2D eigenvalue weighted by Gasteiger charge is 2.17. The van der Waals surface area contributed by atoms with Gasteiger partial charge in [-0.1, -0.05) is 179 Å². The average molecular weight is 853 g/mol. The Balaban J connectivity index is 4.47. The van der Waals surface area contributed by atoms with E-state index in [0.29, 0.717) is 19.4 Å². The number of hydrogen-bond acceptors (Lipinski definition) is 5. The molecule has 0 radical (unpaired) electrons. The van der Waals surface area contributed by atoms with E-state index in [4.69, 9.17) is 14.2 Å². The fraction of sp³-hybridized carbons (Fsp3) is 0.544. The molecule has 0 spiro atoms. The Hall–Kier alpha value is -4.22. The van der Waals surface area contributed by atoms with E-state index >= 15 is 0 Å². The maximum atomic E-state index is 12.8. The van der Waals surface area contributed by atoms with Crippen molar-refractivity contribution in [3.8, 4) is 0 Å². The number of carbonyl (C=O) groups excluding carboxylic acids is 2. The highest BCUT2D eigenvalue weighted by atomic mass is 16.6. The van der Waals surface area contributed by atoms with E-state index in [1.54, 1.807) is 0 Å². The Labute approximate surface area is 381 Å². The van der Waals surface area contributed by atoms with E-state index in [2.05, 4.69) is 167 Å². The van der Waals surface area contributed by atoms with Gasteiger partial charge in [-0.2, -0.15) is 0 Å². The Morgan fingerprint density at radius 2 is 0.677 bits per heavy atom. The maximum Gasteiger partial charge on any atom is 0.306 e. The first kappa shape index (κ1) is 57.8. The molecule has 0 saturated heterocycles. The summed E-state index contributed by atoms with van der Waals surface area (Å²) >= 11 is 0. The van der Waals surface area contributed by atoms with E-state index in [-0.39, 0.29) is 25.2 Å². The van der Waals surface area contributed by atoms with Crippen molar-refractivity contribution in [3.05, 3.63) is 146 Å². The molecule has 0 rings (SSSR count). The van der Waals surface area contributed by atoms with Crippen LogP contribution in [0.3, 0.4) is 0 Å². The van der Waals surface area contributed by atoms with Gasteiger partial charge in [0.1, 0.15) is 6.61 Å². The SMILES string of the molecule is CC/C=C\C/C=C\C/C=C\C/C=C\C/C=C\CCCCCC(=O)OCC(COCCC/C=C\C/C=C\C/C=C\C/C=C\CC)OC(=O)CCCCC/C=C\C/C=C\C/C=C\CC. The third-order valence-corrected chi connectivity index (χ3v) is 9.35. The van der Waals surface area contributed by atoms with Crippen molar-refractivity contribution in [2.75, 3.05) is 19.8 Å². The first-order valence-electron chi connectivity index (χ1n) is 24.4. The molecule has 0 aromatic heterocycles. The lowest BCUT2D eigenvalue weighted by molar-refractivity contribution is -0.163. The molecule has 5 heteroatoms. The maximum absolute atomic E-state index is 12.8. The second-order valence-electron chi connectivity index (χ2n) is 15.2. The minimum Gasteiger partial charge on any atom is -0.462 e. The molecular formula is C57H88O5. The number of rotatable bonds is 42. The van der Waals surface area contributed by atoms with E-state index in [9.17, 15) is 9.59 Å². The molecule has 5 nitrogen and oxygen atoms in total. The molecule has 1 unspecified atom stereocenters. The van der Waals surface area contributed by atoms with Crippen LogP contribution >= 0.6 is 0 Å². The number of esters is 2. The smallest absolute Gasteiger partial charge is 0.306 e. The molecule has 0 saturated carbocycles. The van der Waals surface area contributed by atoms with Crippen molar-refractivity contribution in [1.29, 1.82) is 0 Å². The van der Waals surface area contributed by atoms with Gasteiger partial charge in [0, 0.05) is 19.4 Å². The molecule has 0 aliphatic heterocycles. The van der Waals surface area contributed by atoms with Crippen molar-refractivity contribution >= 4 is 11.9 Å². The van der Waals surface area contributed by atoms with Crippen molar-refractivity contribution in [1.82, 2.24) is 0 Å².